The summed E-state index contributed by atoms with van der Waals surface area (Å²) < 4.78 is 16.0. The van der Waals surface area contributed by atoms with Crippen LogP contribution in [-0.2, 0) is 4.74 Å². The number of hydrogen-bond donors (Lipinski definition) is 1. The van der Waals surface area contributed by atoms with Gasteiger partial charge in [0.2, 0.25) is 0 Å². The van der Waals surface area contributed by atoms with Gasteiger partial charge in [-0.3, -0.25) is 0 Å². The number of ether oxygens (including phenoxy) is 3. The normalized spacial score (nSPS) is 16.3. The van der Waals surface area contributed by atoms with E-state index < -0.39 is 12.1 Å². The number of phenolic OH excluding ortho intramolecular Hbond substituents is 1. The summed E-state index contributed by atoms with van der Waals surface area (Å²) in [6.45, 7) is 0. The molecule has 0 bridgehead atoms. The Morgan fingerprint density at radius 3 is 2.52 bits per heavy atom. The van der Waals surface area contributed by atoms with Crippen LogP contribution in [0.15, 0.2) is 36.4 Å². The molecule has 0 aromatic heterocycles. The van der Waals surface area contributed by atoms with Gasteiger partial charge in [0.1, 0.15) is 5.75 Å². The molecule has 1 unspecified atom stereocenters. The van der Waals surface area contributed by atoms with Crippen LogP contribution in [0.25, 0.3) is 0 Å². The number of hydrogen-bond acceptors (Lipinski definition) is 5. The number of rotatable bonds is 3. The molecule has 0 fully saturated rings. The Kier molecular flexibility index (Phi) is 3.17. The summed E-state index contributed by atoms with van der Waals surface area (Å²) in [6.07, 6.45) is -0.709. The van der Waals surface area contributed by atoms with Gasteiger partial charge in [-0.1, -0.05) is 18.2 Å². The molecule has 5 nitrogen and oxygen atoms in total. The van der Waals surface area contributed by atoms with Crippen molar-refractivity contribution in [2.24, 2.45) is 0 Å². The molecule has 1 aliphatic rings. The van der Waals surface area contributed by atoms with Gasteiger partial charge in [-0.05, 0) is 18.2 Å². The van der Waals surface area contributed by atoms with E-state index in [9.17, 15) is 9.90 Å². The number of methoxy groups -OCH3 is 2. The Balaban J connectivity index is 2.23. The molecule has 2 aromatic carbocycles. The van der Waals surface area contributed by atoms with Crippen molar-refractivity contribution in [2.75, 3.05) is 14.2 Å². The minimum absolute atomic E-state index is 0.0630. The number of para-hydroxylation sites is 1. The van der Waals surface area contributed by atoms with Gasteiger partial charge in [-0.15, -0.1) is 0 Å². The molecule has 3 rings (SSSR count). The summed E-state index contributed by atoms with van der Waals surface area (Å²) in [5.74, 6) is 0.566. The quantitative estimate of drug-likeness (QED) is 0.879. The first kappa shape index (κ1) is 13.3. The minimum atomic E-state index is -0.709. The molecule has 0 saturated heterocycles. The third-order valence-electron chi connectivity index (χ3n) is 3.51. The predicted molar refractivity (Wildman–Crippen MR) is 74.9 cm³/mol. The Labute approximate surface area is 121 Å². The summed E-state index contributed by atoms with van der Waals surface area (Å²) in [5, 5.41) is 10.0. The van der Waals surface area contributed by atoms with E-state index in [4.69, 9.17) is 14.2 Å². The van der Waals surface area contributed by atoms with Crippen LogP contribution in [0.5, 0.6) is 17.2 Å². The lowest BCUT2D eigenvalue weighted by Gasteiger charge is -2.16. The molecule has 21 heavy (non-hydrogen) atoms. The molecule has 1 aliphatic heterocycles. The lowest BCUT2D eigenvalue weighted by Crippen LogP contribution is -2.03. The summed E-state index contributed by atoms with van der Waals surface area (Å²) in [6, 6.07) is 10.0. The van der Waals surface area contributed by atoms with Crippen LogP contribution in [0.3, 0.4) is 0 Å². The van der Waals surface area contributed by atoms with Crippen LogP contribution in [0.4, 0.5) is 0 Å². The SMILES string of the molecule is COc1ccc2c(c1OC)C(c1ccccc1O)OC2=O. The minimum Gasteiger partial charge on any atom is -0.508 e. The fourth-order valence-corrected chi connectivity index (χ4v) is 2.55. The number of phenols is 1. The first-order valence-electron chi connectivity index (χ1n) is 6.41. The molecule has 1 atom stereocenters. The fourth-order valence-electron chi connectivity index (χ4n) is 2.55. The van der Waals surface area contributed by atoms with Crippen LogP contribution in [0, 0.1) is 0 Å². The number of carbonyl (C=O) groups excluding carboxylic acids is 1. The maximum Gasteiger partial charge on any atom is 0.339 e. The first-order chi connectivity index (χ1) is 10.2. The molecule has 0 saturated carbocycles. The van der Waals surface area contributed by atoms with E-state index in [2.05, 4.69) is 0 Å². The molecule has 0 amide bonds. The average Bonchev–Trinajstić information content (AvgIpc) is 2.84. The van der Waals surface area contributed by atoms with Crippen molar-refractivity contribution in [3.8, 4) is 17.2 Å². The fraction of sp³-hybridized carbons (Fsp3) is 0.188. The highest BCUT2D eigenvalue weighted by Crippen LogP contribution is 2.47. The maximum absolute atomic E-state index is 12.0. The number of fused-ring (bicyclic) bond motifs is 1. The zero-order valence-electron chi connectivity index (χ0n) is 11.6. The van der Waals surface area contributed by atoms with Crippen molar-refractivity contribution in [3.63, 3.8) is 0 Å². The van der Waals surface area contributed by atoms with Crippen molar-refractivity contribution < 1.29 is 24.1 Å². The van der Waals surface area contributed by atoms with Gasteiger partial charge < -0.3 is 19.3 Å². The molecular formula is C16H14O5. The average molecular weight is 286 g/mol. The molecule has 0 aliphatic carbocycles. The van der Waals surface area contributed by atoms with Gasteiger partial charge in [-0.2, -0.15) is 0 Å². The summed E-state index contributed by atoms with van der Waals surface area (Å²) >= 11 is 0. The third-order valence-corrected chi connectivity index (χ3v) is 3.51. The van der Waals surface area contributed by atoms with Gasteiger partial charge in [0.25, 0.3) is 0 Å². The number of aromatic hydroxyl groups is 1. The Hall–Kier alpha value is -2.69. The second-order valence-electron chi connectivity index (χ2n) is 4.61. The smallest absolute Gasteiger partial charge is 0.339 e. The Bertz CT molecular complexity index is 708. The Morgan fingerprint density at radius 2 is 1.86 bits per heavy atom. The van der Waals surface area contributed by atoms with Gasteiger partial charge in [0.05, 0.1) is 25.3 Å². The molecule has 1 heterocycles. The molecule has 0 spiro atoms. The van der Waals surface area contributed by atoms with Crippen molar-refractivity contribution >= 4 is 5.97 Å². The van der Waals surface area contributed by atoms with Gasteiger partial charge in [0.15, 0.2) is 17.6 Å². The second-order valence-corrected chi connectivity index (χ2v) is 4.61. The first-order valence-corrected chi connectivity index (χ1v) is 6.41. The van der Waals surface area contributed by atoms with Crippen LogP contribution in [0.1, 0.15) is 27.6 Å². The molecule has 5 heteroatoms. The highest BCUT2D eigenvalue weighted by Gasteiger charge is 2.37. The lowest BCUT2D eigenvalue weighted by molar-refractivity contribution is 0.0451. The van der Waals surface area contributed by atoms with Crippen LogP contribution >= 0.6 is 0 Å². The van der Waals surface area contributed by atoms with E-state index in [-0.39, 0.29) is 5.75 Å². The molecule has 1 N–H and O–H groups in total. The largest absolute Gasteiger partial charge is 0.508 e. The third kappa shape index (κ3) is 1.98. The second kappa shape index (κ2) is 5.01. The van der Waals surface area contributed by atoms with Gasteiger partial charge in [-0.25, -0.2) is 4.79 Å². The van der Waals surface area contributed by atoms with Crippen LogP contribution < -0.4 is 9.47 Å². The zero-order valence-corrected chi connectivity index (χ0v) is 11.6. The van der Waals surface area contributed by atoms with Crippen molar-refractivity contribution in [1.82, 2.24) is 0 Å². The van der Waals surface area contributed by atoms with E-state index >= 15 is 0 Å². The van der Waals surface area contributed by atoms with Crippen molar-refractivity contribution in [1.29, 1.82) is 0 Å². The van der Waals surface area contributed by atoms with Crippen molar-refractivity contribution in [2.45, 2.75) is 6.10 Å². The molecule has 108 valence electrons. The molecular weight excluding hydrogens is 272 g/mol. The summed E-state index contributed by atoms with van der Waals surface area (Å²) in [5.41, 5.74) is 1.50. The van der Waals surface area contributed by atoms with E-state index in [1.54, 1.807) is 36.4 Å². The maximum atomic E-state index is 12.0. The Morgan fingerprint density at radius 1 is 1.10 bits per heavy atom. The standard InChI is InChI=1S/C16H14O5/c1-19-12-8-7-10-13(15(12)20-2)14(21-16(10)18)9-5-3-4-6-11(9)17/h3-8,14,17H,1-2H3. The molecule has 0 radical (unpaired) electrons. The van der Waals surface area contributed by atoms with Crippen LogP contribution in [0.2, 0.25) is 0 Å². The number of carbonyl (C=O) groups is 1. The zero-order chi connectivity index (χ0) is 15.0. The number of esters is 1. The van der Waals surface area contributed by atoms with Gasteiger partial charge in [0, 0.05) is 5.56 Å². The van der Waals surface area contributed by atoms with Crippen LogP contribution in [-0.4, -0.2) is 25.3 Å². The monoisotopic (exact) mass is 286 g/mol. The predicted octanol–water partition coefficient (Wildman–Crippen LogP) is 2.67. The lowest BCUT2D eigenvalue weighted by atomic mass is 9.97. The number of cyclic esters (lactones) is 1. The van der Waals surface area contributed by atoms with E-state index in [1.165, 1.54) is 14.2 Å². The summed E-state index contributed by atoms with van der Waals surface area (Å²) in [7, 11) is 3.03. The summed E-state index contributed by atoms with van der Waals surface area (Å²) in [4.78, 5) is 12.0. The highest BCUT2D eigenvalue weighted by molar-refractivity contribution is 5.96. The topological polar surface area (TPSA) is 65.0 Å². The van der Waals surface area contributed by atoms with E-state index in [0.717, 1.165) is 0 Å². The number of benzene rings is 2. The van der Waals surface area contributed by atoms with Gasteiger partial charge >= 0.3 is 5.97 Å². The van der Waals surface area contributed by atoms with E-state index in [1.807, 2.05) is 0 Å². The molecule has 2 aromatic rings. The van der Waals surface area contributed by atoms with Crippen molar-refractivity contribution in [3.05, 3.63) is 53.1 Å². The van der Waals surface area contributed by atoms with E-state index in [0.29, 0.717) is 28.2 Å². The highest BCUT2D eigenvalue weighted by atomic mass is 16.6.